The molecule has 0 radical (unpaired) electrons. The van der Waals surface area contributed by atoms with Gasteiger partial charge in [-0.3, -0.25) is 9.59 Å². The summed E-state index contributed by atoms with van der Waals surface area (Å²) in [5.74, 6) is -1.58. The maximum absolute atomic E-state index is 13.3. The molecular formula is C20H15F3N4O2. The third-order valence-electron chi connectivity index (χ3n) is 3.91. The minimum absolute atomic E-state index is 0.0908. The normalized spacial score (nSPS) is 11.9. The van der Waals surface area contributed by atoms with Crippen LogP contribution in [-0.2, 0) is 4.79 Å². The van der Waals surface area contributed by atoms with E-state index in [4.69, 9.17) is 5.73 Å². The lowest BCUT2D eigenvalue weighted by Gasteiger charge is -2.12. The monoisotopic (exact) mass is 400 g/mol. The number of hydrogen-bond donors (Lipinski definition) is 2. The molecular weight excluding hydrogens is 385 g/mol. The van der Waals surface area contributed by atoms with Crippen molar-refractivity contribution in [1.82, 2.24) is 9.78 Å². The van der Waals surface area contributed by atoms with Crippen molar-refractivity contribution in [1.29, 1.82) is 0 Å². The molecule has 0 aliphatic rings. The summed E-state index contributed by atoms with van der Waals surface area (Å²) in [5.41, 5.74) is 4.97. The Morgan fingerprint density at radius 3 is 2.21 bits per heavy atom. The van der Waals surface area contributed by atoms with Crippen LogP contribution in [0.4, 0.5) is 18.9 Å². The van der Waals surface area contributed by atoms with Gasteiger partial charge in [-0.25, -0.2) is 4.68 Å². The second kappa shape index (κ2) is 8.01. The molecule has 0 bridgehead atoms. The lowest BCUT2D eigenvalue weighted by atomic mass is 10.1. The summed E-state index contributed by atoms with van der Waals surface area (Å²) in [4.78, 5) is 23.2. The molecule has 0 fully saturated rings. The Morgan fingerprint density at radius 2 is 1.66 bits per heavy atom. The molecule has 2 aromatic carbocycles. The summed E-state index contributed by atoms with van der Waals surface area (Å²) < 4.78 is 41.3. The van der Waals surface area contributed by atoms with Crippen molar-refractivity contribution in [3.63, 3.8) is 0 Å². The Balaban J connectivity index is 1.77. The Labute approximate surface area is 163 Å². The van der Waals surface area contributed by atoms with Crippen molar-refractivity contribution < 1.29 is 22.8 Å². The van der Waals surface area contributed by atoms with E-state index >= 15 is 0 Å². The van der Waals surface area contributed by atoms with Gasteiger partial charge in [-0.05, 0) is 35.9 Å². The van der Waals surface area contributed by atoms with E-state index in [2.05, 4.69) is 10.4 Å². The van der Waals surface area contributed by atoms with Crippen molar-refractivity contribution >= 4 is 23.1 Å². The van der Waals surface area contributed by atoms with E-state index in [0.29, 0.717) is 17.5 Å². The molecule has 3 aromatic rings. The van der Waals surface area contributed by atoms with Crippen LogP contribution >= 0.6 is 0 Å². The van der Waals surface area contributed by atoms with E-state index in [1.165, 1.54) is 53.3 Å². The Hall–Kier alpha value is -3.88. The highest BCUT2D eigenvalue weighted by Gasteiger charge is 2.35. The highest BCUT2D eigenvalue weighted by molar-refractivity contribution is 6.04. The number of primary amides is 1. The van der Waals surface area contributed by atoms with Crippen LogP contribution in [0, 0.1) is 0 Å². The second-order valence-corrected chi connectivity index (χ2v) is 5.97. The Morgan fingerprint density at radius 1 is 1.00 bits per heavy atom. The number of hydrogen-bond acceptors (Lipinski definition) is 3. The van der Waals surface area contributed by atoms with Crippen molar-refractivity contribution in [3.8, 4) is 5.69 Å². The SMILES string of the molecule is NC(=O)c1ccn(-c2ccc(NC(=O)/C=C(/c3ccccc3)C(F)(F)F)cc2)n1. The summed E-state index contributed by atoms with van der Waals surface area (Å²) in [5, 5.41) is 6.39. The topological polar surface area (TPSA) is 90.0 Å². The summed E-state index contributed by atoms with van der Waals surface area (Å²) in [6.07, 6.45) is -2.62. The van der Waals surface area contributed by atoms with Gasteiger partial charge in [0, 0.05) is 18.0 Å². The quantitative estimate of drug-likeness (QED) is 0.642. The third-order valence-corrected chi connectivity index (χ3v) is 3.91. The van der Waals surface area contributed by atoms with E-state index < -0.39 is 23.6 Å². The predicted molar refractivity (Wildman–Crippen MR) is 101 cm³/mol. The number of nitrogens with one attached hydrogen (secondary N) is 1. The number of allylic oxidation sites excluding steroid dienone is 1. The van der Waals surface area contributed by atoms with Gasteiger partial charge in [0.25, 0.3) is 5.91 Å². The van der Waals surface area contributed by atoms with Gasteiger partial charge in [0.1, 0.15) is 5.69 Å². The summed E-state index contributed by atoms with van der Waals surface area (Å²) in [7, 11) is 0. The van der Waals surface area contributed by atoms with Crippen molar-refractivity contribution in [3.05, 3.63) is 84.2 Å². The van der Waals surface area contributed by atoms with Crippen LogP contribution in [0.1, 0.15) is 16.1 Å². The number of alkyl halides is 3. The summed E-state index contributed by atoms with van der Waals surface area (Å²) >= 11 is 0. The number of carbonyl (C=O) groups is 2. The molecule has 0 atom stereocenters. The zero-order valence-electron chi connectivity index (χ0n) is 14.9. The first-order valence-corrected chi connectivity index (χ1v) is 8.35. The molecule has 2 amide bonds. The van der Waals surface area contributed by atoms with Crippen molar-refractivity contribution in [2.24, 2.45) is 5.73 Å². The van der Waals surface area contributed by atoms with Crippen LogP contribution in [0.2, 0.25) is 0 Å². The van der Waals surface area contributed by atoms with Crippen LogP contribution in [0.15, 0.2) is 72.9 Å². The Kier molecular flexibility index (Phi) is 5.49. The molecule has 0 saturated heterocycles. The van der Waals surface area contributed by atoms with Gasteiger partial charge in [-0.1, -0.05) is 30.3 Å². The van der Waals surface area contributed by atoms with Crippen molar-refractivity contribution in [2.75, 3.05) is 5.32 Å². The number of nitrogens with zero attached hydrogens (tertiary/aromatic N) is 2. The third kappa shape index (κ3) is 4.89. The number of amides is 2. The molecule has 9 heteroatoms. The molecule has 3 rings (SSSR count). The molecule has 0 aliphatic heterocycles. The zero-order valence-corrected chi connectivity index (χ0v) is 14.9. The van der Waals surface area contributed by atoms with E-state index in [1.807, 2.05) is 0 Å². The fourth-order valence-corrected chi connectivity index (χ4v) is 2.55. The standard InChI is InChI=1S/C20H15F3N4O2/c21-20(22,23)16(13-4-2-1-3-5-13)12-18(28)25-14-6-8-15(9-7-14)27-11-10-17(26-27)19(24)29/h1-12H,(H2,24,29)(H,25,28)/b16-12-. The maximum Gasteiger partial charge on any atom is 0.417 e. The molecule has 29 heavy (non-hydrogen) atoms. The average molecular weight is 400 g/mol. The van der Waals surface area contributed by atoms with E-state index in [0.717, 1.165) is 0 Å². The van der Waals surface area contributed by atoms with Crippen molar-refractivity contribution in [2.45, 2.75) is 6.18 Å². The molecule has 0 aliphatic carbocycles. The number of rotatable bonds is 5. The van der Waals surface area contributed by atoms with Gasteiger partial charge >= 0.3 is 6.18 Å². The zero-order chi connectivity index (χ0) is 21.0. The van der Waals surface area contributed by atoms with Gasteiger partial charge in [-0.2, -0.15) is 18.3 Å². The number of aromatic nitrogens is 2. The van der Waals surface area contributed by atoms with Crippen LogP contribution < -0.4 is 11.1 Å². The first-order valence-electron chi connectivity index (χ1n) is 8.35. The molecule has 3 N–H and O–H groups in total. The smallest absolute Gasteiger partial charge is 0.364 e. The molecule has 0 unspecified atom stereocenters. The number of anilines is 1. The minimum Gasteiger partial charge on any atom is -0.364 e. The second-order valence-electron chi connectivity index (χ2n) is 5.97. The molecule has 6 nitrogen and oxygen atoms in total. The molecule has 1 aromatic heterocycles. The van der Waals surface area contributed by atoms with Gasteiger partial charge in [-0.15, -0.1) is 0 Å². The lowest BCUT2D eigenvalue weighted by Crippen LogP contribution is -2.16. The lowest BCUT2D eigenvalue weighted by molar-refractivity contribution is -0.112. The van der Waals surface area contributed by atoms with Crippen LogP contribution in [0.25, 0.3) is 11.3 Å². The van der Waals surface area contributed by atoms with E-state index in [-0.39, 0.29) is 11.3 Å². The first-order chi connectivity index (χ1) is 13.7. The Bertz CT molecular complexity index is 1060. The molecule has 1 heterocycles. The summed E-state index contributed by atoms with van der Waals surface area (Å²) in [6.45, 7) is 0. The molecule has 0 spiro atoms. The molecule has 148 valence electrons. The minimum atomic E-state index is -4.68. The maximum atomic E-state index is 13.3. The van der Waals surface area contributed by atoms with E-state index in [1.54, 1.807) is 18.2 Å². The van der Waals surface area contributed by atoms with E-state index in [9.17, 15) is 22.8 Å². The van der Waals surface area contributed by atoms with Gasteiger partial charge in [0.2, 0.25) is 5.91 Å². The highest BCUT2D eigenvalue weighted by atomic mass is 19.4. The number of carbonyl (C=O) groups excluding carboxylic acids is 2. The largest absolute Gasteiger partial charge is 0.417 e. The number of nitrogens with two attached hydrogens (primary N) is 1. The summed E-state index contributed by atoms with van der Waals surface area (Å²) in [6, 6.07) is 14.7. The van der Waals surface area contributed by atoms with Crippen LogP contribution in [0.3, 0.4) is 0 Å². The van der Waals surface area contributed by atoms with Gasteiger partial charge in [0.05, 0.1) is 11.3 Å². The number of halogens is 3. The number of benzene rings is 2. The first kappa shape index (κ1) is 19.9. The van der Waals surface area contributed by atoms with Gasteiger partial charge < -0.3 is 11.1 Å². The highest BCUT2D eigenvalue weighted by Crippen LogP contribution is 2.33. The predicted octanol–water partition coefficient (Wildman–Crippen LogP) is 3.56. The fraction of sp³-hybridized carbons (Fsp3) is 0.0500. The van der Waals surface area contributed by atoms with Gasteiger partial charge in [0.15, 0.2) is 0 Å². The van der Waals surface area contributed by atoms with Crippen LogP contribution in [-0.4, -0.2) is 27.8 Å². The molecule has 0 saturated carbocycles. The van der Waals surface area contributed by atoms with Crippen LogP contribution in [0.5, 0.6) is 0 Å². The fourth-order valence-electron chi connectivity index (χ4n) is 2.55. The average Bonchev–Trinajstić information content (AvgIpc) is 3.17.